The first-order valence-electron chi connectivity index (χ1n) is 5.71. The van der Waals surface area contributed by atoms with E-state index in [2.05, 4.69) is 29.2 Å². The smallest absolute Gasteiger partial charge is 0.160 e. The lowest BCUT2D eigenvalue weighted by atomic mass is 10.0. The fraction of sp³-hybridized carbons (Fsp3) is 0.500. The molecular weight excluding hydrogens is 236 g/mol. The van der Waals surface area contributed by atoms with Crippen molar-refractivity contribution in [3.8, 4) is 0 Å². The zero-order chi connectivity index (χ0) is 12.4. The Kier molecular flexibility index (Phi) is 2.07. The Balaban J connectivity index is 2.42. The molecule has 3 rings (SSSR count). The maximum absolute atomic E-state index is 6.21. The molecule has 0 unspecified atom stereocenters. The van der Waals surface area contributed by atoms with E-state index in [9.17, 15) is 0 Å². The second-order valence-electron chi connectivity index (χ2n) is 5.14. The molecule has 1 N–H and O–H groups in total. The van der Waals surface area contributed by atoms with Crippen LogP contribution in [0.1, 0.15) is 36.5 Å². The van der Waals surface area contributed by atoms with Crippen molar-refractivity contribution in [1.82, 2.24) is 19.9 Å². The number of hydrogen-bond acceptors (Lipinski definition) is 3. The topological polar surface area (TPSA) is 42.2 Å². The molecule has 0 spiro atoms. The van der Waals surface area contributed by atoms with Gasteiger partial charge in [-0.3, -0.25) is 0 Å². The molecule has 2 aromatic heterocycles. The second kappa shape index (κ2) is 3.21. The first kappa shape index (κ1) is 11.0. The number of halogens is 1. The highest BCUT2D eigenvalue weighted by Gasteiger charge is 2.35. The minimum Gasteiger partial charge on any atom is -0.302 e. The maximum atomic E-state index is 6.21. The van der Waals surface area contributed by atoms with Crippen molar-refractivity contribution in [1.29, 1.82) is 0 Å². The van der Waals surface area contributed by atoms with E-state index in [4.69, 9.17) is 11.6 Å². The summed E-state index contributed by atoms with van der Waals surface area (Å²) in [6, 6.07) is 0. The molecule has 1 aliphatic rings. The number of nitrogens with one attached hydrogen (secondary N) is 1. The molecule has 0 atom stereocenters. The molecule has 0 amide bonds. The lowest BCUT2D eigenvalue weighted by Gasteiger charge is -2.16. The fourth-order valence-electron chi connectivity index (χ4n) is 2.41. The summed E-state index contributed by atoms with van der Waals surface area (Å²) < 4.78 is 1.86. The molecule has 0 radical (unpaired) electrons. The molecular formula is C12H15ClN4. The number of hydrogen-bond donors (Lipinski definition) is 1. The van der Waals surface area contributed by atoms with Gasteiger partial charge in [-0.15, -0.1) is 0 Å². The lowest BCUT2D eigenvalue weighted by Crippen LogP contribution is -2.30. The molecule has 5 heteroatoms. The highest BCUT2D eigenvalue weighted by molar-refractivity contribution is 6.31. The quantitative estimate of drug-likeness (QED) is 0.780. The van der Waals surface area contributed by atoms with Crippen LogP contribution >= 0.6 is 11.6 Å². The number of fused-ring (bicyclic) bond motifs is 3. The van der Waals surface area contributed by atoms with Gasteiger partial charge in [-0.2, -0.15) is 5.10 Å². The SMILES string of the molecule is Cc1nc2c3c(nn2c(C)c1Cl)C(C)(C)NC3. The van der Waals surface area contributed by atoms with Crippen LogP contribution in [-0.4, -0.2) is 14.6 Å². The molecule has 2 aromatic rings. The summed E-state index contributed by atoms with van der Waals surface area (Å²) in [5.41, 5.74) is 4.93. The Morgan fingerprint density at radius 1 is 1.35 bits per heavy atom. The van der Waals surface area contributed by atoms with Gasteiger partial charge in [0.1, 0.15) is 0 Å². The van der Waals surface area contributed by atoms with Crippen LogP contribution in [0.2, 0.25) is 5.02 Å². The van der Waals surface area contributed by atoms with Gasteiger partial charge in [0.05, 0.1) is 27.6 Å². The van der Waals surface area contributed by atoms with E-state index < -0.39 is 0 Å². The number of rotatable bonds is 0. The molecule has 0 aliphatic carbocycles. The molecule has 0 saturated carbocycles. The van der Waals surface area contributed by atoms with E-state index in [-0.39, 0.29) is 5.54 Å². The second-order valence-corrected chi connectivity index (χ2v) is 5.52. The van der Waals surface area contributed by atoms with Gasteiger partial charge in [0.25, 0.3) is 0 Å². The molecule has 1 aliphatic heterocycles. The van der Waals surface area contributed by atoms with Crippen LogP contribution in [0.15, 0.2) is 0 Å². The average molecular weight is 251 g/mol. The van der Waals surface area contributed by atoms with Crippen LogP contribution < -0.4 is 5.32 Å². The first-order chi connectivity index (χ1) is 7.92. The van der Waals surface area contributed by atoms with Crippen LogP contribution in [0.25, 0.3) is 5.65 Å². The van der Waals surface area contributed by atoms with Gasteiger partial charge in [-0.1, -0.05) is 11.6 Å². The Hall–Kier alpha value is -1.13. The van der Waals surface area contributed by atoms with Gasteiger partial charge >= 0.3 is 0 Å². The van der Waals surface area contributed by atoms with Gasteiger partial charge < -0.3 is 5.32 Å². The predicted octanol–water partition coefficient (Wildman–Crippen LogP) is 2.34. The van der Waals surface area contributed by atoms with E-state index in [1.165, 1.54) is 5.56 Å². The third-order valence-corrected chi connectivity index (χ3v) is 4.03. The predicted molar refractivity (Wildman–Crippen MR) is 67.3 cm³/mol. The number of nitrogens with zero attached hydrogens (tertiary/aromatic N) is 3. The minimum atomic E-state index is -0.0874. The highest BCUT2D eigenvalue weighted by atomic mass is 35.5. The minimum absolute atomic E-state index is 0.0874. The van der Waals surface area contributed by atoms with Gasteiger partial charge in [-0.25, -0.2) is 9.50 Å². The van der Waals surface area contributed by atoms with E-state index in [1.807, 2.05) is 18.4 Å². The molecule has 0 bridgehead atoms. The summed E-state index contributed by atoms with van der Waals surface area (Å²) in [4.78, 5) is 4.56. The maximum Gasteiger partial charge on any atom is 0.160 e. The van der Waals surface area contributed by atoms with Gasteiger partial charge in [-0.05, 0) is 27.7 Å². The van der Waals surface area contributed by atoms with E-state index in [0.717, 1.165) is 29.3 Å². The first-order valence-corrected chi connectivity index (χ1v) is 6.09. The van der Waals surface area contributed by atoms with Crippen molar-refractivity contribution in [3.63, 3.8) is 0 Å². The highest BCUT2D eigenvalue weighted by Crippen LogP contribution is 2.33. The van der Waals surface area contributed by atoms with Gasteiger partial charge in [0.2, 0.25) is 0 Å². The van der Waals surface area contributed by atoms with Crippen molar-refractivity contribution in [2.45, 2.75) is 39.8 Å². The van der Waals surface area contributed by atoms with Crippen molar-refractivity contribution in [2.24, 2.45) is 0 Å². The third-order valence-electron chi connectivity index (χ3n) is 3.48. The molecule has 0 aromatic carbocycles. The fourth-order valence-corrected chi connectivity index (χ4v) is 2.53. The van der Waals surface area contributed by atoms with E-state index in [0.29, 0.717) is 5.02 Å². The Morgan fingerprint density at radius 3 is 2.76 bits per heavy atom. The molecule has 17 heavy (non-hydrogen) atoms. The summed E-state index contributed by atoms with van der Waals surface area (Å²) in [5, 5.41) is 8.79. The average Bonchev–Trinajstić information content (AvgIpc) is 2.75. The monoisotopic (exact) mass is 250 g/mol. The summed E-state index contributed by atoms with van der Waals surface area (Å²) in [5.74, 6) is 0. The third kappa shape index (κ3) is 1.34. The van der Waals surface area contributed by atoms with E-state index in [1.54, 1.807) is 0 Å². The molecule has 4 nitrogen and oxygen atoms in total. The molecule has 3 heterocycles. The molecule has 0 fully saturated rings. The van der Waals surface area contributed by atoms with Crippen LogP contribution in [0, 0.1) is 13.8 Å². The summed E-state index contributed by atoms with van der Waals surface area (Å²) in [6.07, 6.45) is 0. The summed E-state index contributed by atoms with van der Waals surface area (Å²) >= 11 is 6.21. The van der Waals surface area contributed by atoms with Crippen molar-refractivity contribution < 1.29 is 0 Å². The Morgan fingerprint density at radius 2 is 2.06 bits per heavy atom. The van der Waals surface area contributed by atoms with Gasteiger partial charge in [0, 0.05) is 12.1 Å². The van der Waals surface area contributed by atoms with Gasteiger partial charge in [0.15, 0.2) is 5.65 Å². The largest absolute Gasteiger partial charge is 0.302 e. The molecule has 90 valence electrons. The summed E-state index contributed by atoms with van der Waals surface area (Å²) in [6.45, 7) is 9.00. The summed E-state index contributed by atoms with van der Waals surface area (Å²) in [7, 11) is 0. The van der Waals surface area contributed by atoms with Crippen LogP contribution in [0.4, 0.5) is 0 Å². The lowest BCUT2D eigenvalue weighted by molar-refractivity contribution is 0.427. The molecule has 0 saturated heterocycles. The van der Waals surface area contributed by atoms with Crippen LogP contribution in [0.5, 0.6) is 0 Å². The number of aromatic nitrogens is 3. The van der Waals surface area contributed by atoms with Crippen LogP contribution in [0.3, 0.4) is 0 Å². The number of aryl methyl sites for hydroxylation is 2. The van der Waals surface area contributed by atoms with Crippen molar-refractivity contribution in [2.75, 3.05) is 0 Å². The Labute approximate surface area is 105 Å². The zero-order valence-electron chi connectivity index (χ0n) is 10.4. The van der Waals surface area contributed by atoms with Crippen molar-refractivity contribution in [3.05, 3.63) is 27.7 Å². The van der Waals surface area contributed by atoms with E-state index >= 15 is 0 Å². The van der Waals surface area contributed by atoms with Crippen LogP contribution in [-0.2, 0) is 12.1 Å². The standard InChI is InChI=1S/C12H15ClN4/c1-6-9(13)7(2)17-11(15-6)8-5-14-12(3,4)10(8)16-17/h14H,5H2,1-4H3. The van der Waals surface area contributed by atoms with Crippen molar-refractivity contribution >= 4 is 17.2 Å². The Bertz CT molecular complexity index is 627. The zero-order valence-corrected chi connectivity index (χ0v) is 11.2. The normalized spacial score (nSPS) is 17.7.